The number of carboxylic acid groups (broad SMARTS) is 1. The highest BCUT2D eigenvalue weighted by Crippen LogP contribution is 2.32. The van der Waals surface area contributed by atoms with Crippen LogP contribution in [0.1, 0.15) is 25.5 Å². The summed E-state index contributed by atoms with van der Waals surface area (Å²) in [4.78, 5) is 23.1. The van der Waals surface area contributed by atoms with Gasteiger partial charge in [-0.3, -0.25) is 9.59 Å². The SMILES string of the molecule is COc1ccc(NC(=O)C=C(C)c2cc3cccc(OCCCC(=O)O)c3o2)cc1OC. The smallest absolute Gasteiger partial charge is 0.303 e. The Bertz CT molecular complexity index is 1150. The first kappa shape index (κ1) is 22.7. The summed E-state index contributed by atoms with van der Waals surface area (Å²) < 4.78 is 22.1. The van der Waals surface area contributed by atoms with Gasteiger partial charge >= 0.3 is 5.97 Å². The Morgan fingerprint density at radius 3 is 2.56 bits per heavy atom. The second kappa shape index (κ2) is 10.4. The summed E-state index contributed by atoms with van der Waals surface area (Å²) in [5.41, 5.74) is 1.75. The summed E-state index contributed by atoms with van der Waals surface area (Å²) in [7, 11) is 3.07. The van der Waals surface area contributed by atoms with Gasteiger partial charge in [0, 0.05) is 29.6 Å². The molecule has 3 aromatic rings. The predicted molar refractivity (Wildman–Crippen MR) is 120 cm³/mol. The third-order valence-electron chi connectivity index (χ3n) is 4.69. The van der Waals surface area contributed by atoms with E-state index < -0.39 is 5.97 Å². The van der Waals surface area contributed by atoms with Crippen LogP contribution in [0.4, 0.5) is 5.69 Å². The fourth-order valence-corrected chi connectivity index (χ4v) is 3.11. The van der Waals surface area contributed by atoms with Crippen LogP contribution in [0.15, 0.2) is 53.0 Å². The molecule has 0 unspecified atom stereocenters. The van der Waals surface area contributed by atoms with Gasteiger partial charge in [0.15, 0.2) is 22.8 Å². The van der Waals surface area contributed by atoms with Gasteiger partial charge in [0.2, 0.25) is 5.91 Å². The van der Waals surface area contributed by atoms with Crippen molar-refractivity contribution in [3.05, 3.63) is 54.3 Å². The van der Waals surface area contributed by atoms with Gasteiger partial charge in [0.25, 0.3) is 0 Å². The Morgan fingerprint density at radius 2 is 1.84 bits per heavy atom. The van der Waals surface area contributed by atoms with Crippen LogP contribution < -0.4 is 19.5 Å². The van der Waals surface area contributed by atoms with E-state index in [1.807, 2.05) is 18.2 Å². The van der Waals surface area contributed by atoms with Gasteiger partial charge in [-0.05, 0) is 43.2 Å². The van der Waals surface area contributed by atoms with Crippen molar-refractivity contribution in [3.63, 3.8) is 0 Å². The molecule has 0 radical (unpaired) electrons. The molecule has 3 rings (SSSR count). The average molecular weight is 439 g/mol. The third-order valence-corrected chi connectivity index (χ3v) is 4.69. The molecular weight excluding hydrogens is 414 g/mol. The molecule has 2 N–H and O–H groups in total. The Kier molecular flexibility index (Phi) is 7.38. The second-order valence-corrected chi connectivity index (χ2v) is 7.02. The maximum atomic E-state index is 12.5. The maximum Gasteiger partial charge on any atom is 0.303 e. The number of benzene rings is 2. The highest BCUT2D eigenvalue weighted by atomic mass is 16.5. The predicted octanol–water partition coefficient (Wildman–Crippen LogP) is 4.74. The quantitative estimate of drug-likeness (QED) is 0.347. The third kappa shape index (κ3) is 5.60. The molecule has 0 saturated heterocycles. The van der Waals surface area contributed by atoms with Crippen molar-refractivity contribution in [2.24, 2.45) is 0 Å². The number of para-hydroxylation sites is 1. The number of hydrogen-bond donors (Lipinski definition) is 2. The van der Waals surface area contributed by atoms with Crippen molar-refractivity contribution in [2.75, 3.05) is 26.1 Å². The van der Waals surface area contributed by atoms with Crippen LogP contribution >= 0.6 is 0 Å². The number of methoxy groups -OCH3 is 2. The Hall–Kier alpha value is -3.94. The zero-order chi connectivity index (χ0) is 23.1. The lowest BCUT2D eigenvalue weighted by atomic mass is 10.2. The molecule has 0 bridgehead atoms. The molecule has 0 fully saturated rings. The summed E-state index contributed by atoms with van der Waals surface area (Å²) in [5.74, 6) is 0.963. The van der Waals surface area contributed by atoms with E-state index >= 15 is 0 Å². The number of ether oxygens (including phenoxy) is 3. The van der Waals surface area contributed by atoms with E-state index in [1.165, 1.54) is 13.2 Å². The number of carboxylic acids is 1. The number of carbonyl (C=O) groups excluding carboxylic acids is 1. The van der Waals surface area contributed by atoms with Gasteiger partial charge in [-0.15, -0.1) is 0 Å². The molecule has 168 valence electrons. The number of fused-ring (bicyclic) bond motifs is 1. The number of allylic oxidation sites excluding steroid dienone is 1. The molecule has 0 aliphatic carbocycles. The molecule has 1 amide bonds. The topological polar surface area (TPSA) is 107 Å². The fourth-order valence-electron chi connectivity index (χ4n) is 3.11. The standard InChI is InChI=1S/C24H25NO7/c1-15(12-22(26)25-17-9-10-18(29-2)21(14-17)30-3)20-13-16-6-4-7-19(24(16)32-20)31-11-5-8-23(27)28/h4,6-7,9-10,12-14H,5,8,11H2,1-3H3,(H,25,26)(H,27,28). The van der Waals surface area contributed by atoms with Crippen LogP contribution in [0.3, 0.4) is 0 Å². The van der Waals surface area contributed by atoms with Crippen molar-refractivity contribution in [2.45, 2.75) is 19.8 Å². The molecule has 0 aliphatic rings. The van der Waals surface area contributed by atoms with Crippen LogP contribution in [0.25, 0.3) is 16.5 Å². The summed E-state index contributed by atoms with van der Waals surface area (Å²) >= 11 is 0. The van der Waals surface area contributed by atoms with Gasteiger partial charge in [-0.1, -0.05) is 12.1 Å². The number of furan rings is 1. The number of aliphatic carboxylic acids is 1. The van der Waals surface area contributed by atoms with Crippen LogP contribution in [0, 0.1) is 0 Å². The van der Waals surface area contributed by atoms with Crippen LogP contribution in [0.2, 0.25) is 0 Å². The lowest BCUT2D eigenvalue weighted by Crippen LogP contribution is -2.08. The molecule has 0 atom stereocenters. The normalized spacial score (nSPS) is 11.3. The number of anilines is 1. The molecule has 8 heteroatoms. The minimum atomic E-state index is -0.862. The van der Waals surface area contributed by atoms with E-state index in [0.717, 1.165) is 5.39 Å². The molecule has 32 heavy (non-hydrogen) atoms. The van der Waals surface area contributed by atoms with Crippen molar-refractivity contribution in [1.82, 2.24) is 0 Å². The summed E-state index contributed by atoms with van der Waals surface area (Å²) in [6, 6.07) is 12.4. The van der Waals surface area contributed by atoms with E-state index in [1.54, 1.807) is 38.3 Å². The maximum absolute atomic E-state index is 12.5. The first-order valence-electron chi connectivity index (χ1n) is 10.00. The minimum Gasteiger partial charge on any atom is -0.493 e. The summed E-state index contributed by atoms with van der Waals surface area (Å²) in [6.45, 7) is 2.04. The highest BCUT2D eigenvalue weighted by molar-refractivity contribution is 6.04. The summed E-state index contributed by atoms with van der Waals surface area (Å²) in [5, 5.41) is 12.4. The monoisotopic (exact) mass is 439 g/mol. The van der Waals surface area contributed by atoms with Gasteiger partial charge in [-0.25, -0.2) is 0 Å². The molecule has 1 aromatic heterocycles. The van der Waals surface area contributed by atoms with Gasteiger partial charge in [0.05, 0.1) is 20.8 Å². The van der Waals surface area contributed by atoms with E-state index in [4.69, 9.17) is 23.7 Å². The molecule has 0 saturated carbocycles. The Balaban J connectivity index is 1.73. The van der Waals surface area contributed by atoms with Crippen molar-refractivity contribution < 1.29 is 33.3 Å². The van der Waals surface area contributed by atoms with Crippen molar-refractivity contribution in [3.8, 4) is 17.2 Å². The van der Waals surface area contributed by atoms with Gasteiger partial charge in [-0.2, -0.15) is 0 Å². The second-order valence-electron chi connectivity index (χ2n) is 7.02. The van der Waals surface area contributed by atoms with E-state index in [9.17, 15) is 9.59 Å². The molecule has 8 nitrogen and oxygen atoms in total. The van der Waals surface area contributed by atoms with Crippen LogP contribution in [-0.4, -0.2) is 37.8 Å². The zero-order valence-electron chi connectivity index (χ0n) is 18.1. The molecule has 1 heterocycles. The Morgan fingerprint density at radius 1 is 1.06 bits per heavy atom. The lowest BCUT2D eigenvalue weighted by Gasteiger charge is -2.09. The molecule has 0 spiro atoms. The minimum absolute atomic E-state index is 0.0381. The zero-order valence-corrected chi connectivity index (χ0v) is 18.1. The van der Waals surface area contributed by atoms with Crippen LogP contribution in [0.5, 0.6) is 17.2 Å². The van der Waals surface area contributed by atoms with Crippen molar-refractivity contribution >= 4 is 34.1 Å². The number of hydrogen-bond acceptors (Lipinski definition) is 6. The first-order valence-corrected chi connectivity index (χ1v) is 10.00. The highest BCUT2D eigenvalue weighted by Gasteiger charge is 2.12. The first-order chi connectivity index (χ1) is 15.4. The van der Waals surface area contributed by atoms with E-state index in [0.29, 0.717) is 46.3 Å². The summed E-state index contributed by atoms with van der Waals surface area (Å²) in [6.07, 6.45) is 1.88. The van der Waals surface area contributed by atoms with Crippen molar-refractivity contribution in [1.29, 1.82) is 0 Å². The van der Waals surface area contributed by atoms with Crippen LogP contribution in [-0.2, 0) is 9.59 Å². The molecule has 0 aliphatic heterocycles. The molecule has 2 aromatic carbocycles. The largest absolute Gasteiger partial charge is 0.493 e. The van der Waals surface area contributed by atoms with Gasteiger partial charge < -0.3 is 29.1 Å². The lowest BCUT2D eigenvalue weighted by molar-refractivity contribution is -0.137. The number of nitrogens with one attached hydrogen (secondary N) is 1. The fraction of sp³-hybridized carbons (Fsp3) is 0.250. The Labute approximate surface area is 185 Å². The van der Waals surface area contributed by atoms with E-state index in [-0.39, 0.29) is 18.9 Å². The number of rotatable bonds is 10. The average Bonchev–Trinajstić information content (AvgIpc) is 3.21. The number of amides is 1. The molecular formula is C24H25NO7. The van der Waals surface area contributed by atoms with E-state index in [2.05, 4.69) is 5.32 Å². The van der Waals surface area contributed by atoms with Gasteiger partial charge in [0.1, 0.15) is 5.76 Å². The number of carbonyl (C=O) groups is 2.